The van der Waals surface area contributed by atoms with Crippen LogP contribution in [-0.2, 0) is 6.54 Å². The normalized spacial score (nSPS) is 16.7. The largest absolute Gasteiger partial charge is 0.340 e. The van der Waals surface area contributed by atoms with Crippen LogP contribution in [0.15, 0.2) is 48.5 Å². The molecule has 2 nitrogen and oxygen atoms in total. The van der Waals surface area contributed by atoms with E-state index in [2.05, 4.69) is 64.9 Å². The van der Waals surface area contributed by atoms with Gasteiger partial charge in [-0.1, -0.05) is 56.2 Å². The minimum absolute atomic E-state index is 0.994. The van der Waals surface area contributed by atoms with Gasteiger partial charge >= 0.3 is 0 Å². The highest BCUT2D eigenvalue weighted by molar-refractivity contribution is 6.07. The molecular formula is C24H32N2. The molecule has 1 aliphatic heterocycles. The van der Waals surface area contributed by atoms with Gasteiger partial charge in [-0.15, -0.1) is 0 Å². The standard InChI is InChI=1S/C24H32N2/c1-2-9-20-14-18-25(19-15-20)16-7-8-17-26-23-12-5-3-10-21(23)22-11-4-6-13-24(22)26/h3-6,10-13,20H,2,7-9,14-19H2,1H3. The van der Waals surface area contributed by atoms with Crippen LogP contribution >= 0.6 is 0 Å². The summed E-state index contributed by atoms with van der Waals surface area (Å²) in [4.78, 5) is 2.69. The van der Waals surface area contributed by atoms with Gasteiger partial charge in [0.2, 0.25) is 0 Å². The smallest absolute Gasteiger partial charge is 0.0491 e. The minimum atomic E-state index is 0.994. The fourth-order valence-electron chi connectivity index (χ4n) is 4.76. The second-order valence-corrected chi connectivity index (χ2v) is 7.97. The highest BCUT2D eigenvalue weighted by Gasteiger charge is 2.17. The summed E-state index contributed by atoms with van der Waals surface area (Å²) < 4.78 is 2.53. The lowest BCUT2D eigenvalue weighted by Gasteiger charge is -2.31. The molecular weight excluding hydrogens is 316 g/mol. The monoisotopic (exact) mass is 348 g/mol. The number of likely N-dealkylation sites (tertiary alicyclic amines) is 1. The van der Waals surface area contributed by atoms with Crippen molar-refractivity contribution in [3.05, 3.63) is 48.5 Å². The average Bonchev–Trinajstić information content (AvgIpc) is 3.01. The Labute approximate surface area is 157 Å². The maximum Gasteiger partial charge on any atom is 0.0491 e. The number of aromatic nitrogens is 1. The first-order valence-corrected chi connectivity index (χ1v) is 10.5. The fourth-order valence-corrected chi connectivity index (χ4v) is 4.76. The number of hydrogen-bond acceptors (Lipinski definition) is 1. The van der Waals surface area contributed by atoms with E-state index in [1.54, 1.807) is 0 Å². The van der Waals surface area contributed by atoms with Crippen LogP contribution in [0.1, 0.15) is 45.4 Å². The molecule has 0 unspecified atom stereocenters. The van der Waals surface area contributed by atoms with Crippen LogP contribution < -0.4 is 0 Å². The highest BCUT2D eigenvalue weighted by atomic mass is 15.1. The van der Waals surface area contributed by atoms with E-state index >= 15 is 0 Å². The second kappa shape index (κ2) is 8.26. The topological polar surface area (TPSA) is 8.17 Å². The van der Waals surface area contributed by atoms with Gasteiger partial charge in [-0.2, -0.15) is 0 Å². The first-order chi connectivity index (χ1) is 12.9. The third kappa shape index (κ3) is 3.66. The SMILES string of the molecule is CCCC1CCN(CCCCn2c3ccccc3c3ccccc32)CC1. The lowest BCUT2D eigenvalue weighted by Crippen LogP contribution is -2.34. The molecule has 2 heterocycles. The molecule has 0 aliphatic carbocycles. The number of piperidine rings is 1. The zero-order valence-corrected chi connectivity index (χ0v) is 16.2. The number of aryl methyl sites for hydroxylation is 1. The molecule has 0 radical (unpaired) electrons. The molecule has 1 saturated heterocycles. The van der Waals surface area contributed by atoms with Gasteiger partial charge in [-0.25, -0.2) is 0 Å². The molecule has 0 atom stereocenters. The number of benzene rings is 2. The maximum atomic E-state index is 2.69. The van der Waals surface area contributed by atoms with Crippen molar-refractivity contribution in [1.82, 2.24) is 9.47 Å². The van der Waals surface area contributed by atoms with Crippen molar-refractivity contribution in [2.24, 2.45) is 5.92 Å². The van der Waals surface area contributed by atoms with E-state index in [0.29, 0.717) is 0 Å². The molecule has 26 heavy (non-hydrogen) atoms. The van der Waals surface area contributed by atoms with Gasteiger partial charge in [0.25, 0.3) is 0 Å². The average molecular weight is 349 g/mol. The molecule has 0 bridgehead atoms. The molecule has 138 valence electrons. The van der Waals surface area contributed by atoms with Crippen LogP contribution in [-0.4, -0.2) is 29.1 Å². The third-order valence-electron chi connectivity index (χ3n) is 6.19. The van der Waals surface area contributed by atoms with Gasteiger partial charge < -0.3 is 9.47 Å². The van der Waals surface area contributed by atoms with E-state index in [9.17, 15) is 0 Å². The highest BCUT2D eigenvalue weighted by Crippen LogP contribution is 2.29. The van der Waals surface area contributed by atoms with Crippen molar-refractivity contribution < 1.29 is 0 Å². The molecule has 1 aliphatic rings. The van der Waals surface area contributed by atoms with Gasteiger partial charge in [0, 0.05) is 28.4 Å². The first-order valence-electron chi connectivity index (χ1n) is 10.5. The molecule has 2 aromatic carbocycles. The van der Waals surface area contributed by atoms with Crippen molar-refractivity contribution in [2.75, 3.05) is 19.6 Å². The Morgan fingerprint density at radius 1 is 0.808 bits per heavy atom. The van der Waals surface area contributed by atoms with Crippen molar-refractivity contribution >= 4 is 21.8 Å². The number of fused-ring (bicyclic) bond motifs is 3. The summed E-state index contributed by atoms with van der Waals surface area (Å²) in [5, 5.41) is 2.78. The quantitative estimate of drug-likeness (QED) is 0.469. The summed E-state index contributed by atoms with van der Waals surface area (Å²) in [5.74, 6) is 0.994. The van der Waals surface area contributed by atoms with Crippen molar-refractivity contribution in [2.45, 2.75) is 52.0 Å². The summed E-state index contributed by atoms with van der Waals surface area (Å²) in [6.07, 6.45) is 8.18. The number of nitrogens with zero attached hydrogens (tertiary/aromatic N) is 2. The number of rotatable bonds is 7. The van der Waals surface area contributed by atoms with E-state index in [1.165, 1.54) is 80.0 Å². The zero-order valence-electron chi connectivity index (χ0n) is 16.2. The zero-order chi connectivity index (χ0) is 17.8. The Morgan fingerprint density at radius 2 is 1.38 bits per heavy atom. The van der Waals surface area contributed by atoms with Gasteiger partial charge in [0.1, 0.15) is 0 Å². The molecule has 2 heteroatoms. The summed E-state index contributed by atoms with van der Waals surface area (Å²) >= 11 is 0. The molecule has 4 rings (SSSR count). The Hall–Kier alpha value is -1.80. The van der Waals surface area contributed by atoms with E-state index in [-0.39, 0.29) is 0 Å². The van der Waals surface area contributed by atoms with E-state index in [4.69, 9.17) is 0 Å². The minimum Gasteiger partial charge on any atom is -0.340 e. The predicted octanol–water partition coefficient (Wildman–Crippen LogP) is 6.09. The fraction of sp³-hybridized carbons (Fsp3) is 0.500. The lowest BCUT2D eigenvalue weighted by molar-refractivity contribution is 0.175. The van der Waals surface area contributed by atoms with Gasteiger partial charge in [-0.3, -0.25) is 0 Å². The molecule has 0 N–H and O–H groups in total. The molecule has 0 spiro atoms. The third-order valence-corrected chi connectivity index (χ3v) is 6.19. The van der Waals surface area contributed by atoms with Crippen molar-refractivity contribution in [1.29, 1.82) is 0 Å². The molecule has 1 fully saturated rings. The van der Waals surface area contributed by atoms with Crippen LogP contribution in [0.3, 0.4) is 0 Å². The number of unbranched alkanes of at least 4 members (excludes halogenated alkanes) is 1. The summed E-state index contributed by atoms with van der Waals surface area (Å²) in [6.45, 7) is 7.36. The number of para-hydroxylation sites is 2. The van der Waals surface area contributed by atoms with Gasteiger partial charge in [-0.05, 0) is 63.4 Å². The molecule has 1 aromatic heterocycles. The number of hydrogen-bond donors (Lipinski definition) is 0. The molecule has 3 aromatic rings. The van der Waals surface area contributed by atoms with E-state index in [0.717, 1.165) is 12.5 Å². The van der Waals surface area contributed by atoms with Crippen LogP contribution in [0.4, 0.5) is 0 Å². The Kier molecular flexibility index (Phi) is 5.59. The maximum absolute atomic E-state index is 2.69. The lowest BCUT2D eigenvalue weighted by atomic mass is 9.92. The summed E-state index contributed by atoms with van der Waals surface area (Å²) in [6, 6.07) is 17.7. The Morgan fingerprint density at radius 3 is 2.00 bits per heavy atom. The van der Waals surface area contributed by atoms with Crippen molar-refractivity contribution in [3.8, 4) is 0 Å². The predicted molar refractivity (Wildman–Crippen MR) is 113 cm³/mol. The second-order valence-electron chi connectivity index (χ2n) is 7.97. The summed E-state index contributed by atoms with van der Waals surface area (Å²) in [5.41, 5.74) is 2.77. The van der Waals surface area contributed by atoms with E-state index < -0.39 is 0 Å². The van der Waals surface area contributed by atoms with Gasteiger partial charge in [0.15, 0.2) is 0 Å². The van der Waals surface area contributed by atoms with Gasteiger partial charge in [0.05, 0.1) is 0 Å². The summed E-state index contributed by atoms with van der Waals surface area (Å²) in [7, 11) is 0. The Bertz CT molecular complexity index is 786. The van der Waals surface area contributed by atoms with E-state index in [1.807, 2.05) is 0 Å². The molecule has 0 saturated carbocycles. The Balaban J connectivity index is 1.35. The van der Waals surface area contributed by atoms with Crippen LogP contribution in [0, 0.1) is 5.92 Å². The van der Waals surface area contributed by atoms with Crippen LogP contribution in [0.25, 0.3) is 21.8 Å². The van der Waals surface area contributed by atoms with Crippen molar-refractivity contribution in [3.63, 3.8) is 0 Å². The van der Waals surface area contributed by atoms with Crippen LogP contribution in [0.5, 0.6) is 0 Å². The first kappa shape index (κ1) is 17.6. The van der Waals surface area contributed by atoms with Crippen LogP contribution in [0.2, 0.25) is 0 Å². The molecule has 0 amide bonds.